The van der Waals surface area contributed by atoms with Crippen LogP contribution < -0.4 is 14.2 Å². The van der Waals surface area contributed by atoms with Crippen molar-refractivity contribution >= 4 is 26.5 Å². The summed E-state index contributed by atoms with van der Waals surface area (Å²) in [7, 11) is -3.85. The molecule has 0 saturated heterocycles. The highest BCUT2D eigenvalue weighted by Gasteiger charge is 2.32. The molecule has 1 N–H and O–H groups in total. The fourth-order valence-corrected chi connectivity index (χ4v) is 5.18. The van der Waals surface area contributed by atoms with Gasteiger partial charge in [-0.1, -0.05) is 13.0 Å². The van der Waals surface area contributed by atoms with Crippen molar-refractivity contribution in [3.8, 4) is 11.5 Å². The molecule has 1 aromatic heterocycles. The third-order valence-electron chi connectivity index (χ3n) is 4.97. The van der Waals surface area contributed by atoms with Crippen molar-refractivity contribution in [1.82, 2.24) is 4.98 Å². The van der Waals surface area contributed by atoms with Gasteiger partial charge in [0.2, 0.25) is 0 Å². The van der Waals surface area contributed by atoms with E-state index in [1.165, 1.54) is 24.4 Å². The third kappa shape index (κ3) is 4.68. The van der Waals surface area contributed by atoms with E-state index < -0.39 is 27.9 Å². The number of aryl methyl sites for hydroxylation is 1. The Kier molecular flexibility index (Phi) is 6.04. The van der Waals surface area contributed by atoms with Crippen LogP contribution in [0.15, 0.2) is 52.9 Å². The van der Waals surface area contributed by atoms with E-state index in [1.807, 2.05) is 0 Å². The fourth-order valence-electron chi connectivity index (χ4n) is 3.37. The predicted molar refractivity (Wildman–Crippen MR) is 114 cm³/mol. The second kappa shape index (κ2) is 8.62. The number of ether oxygens (including phenoxy) is 2. The van der Waals surface area contributed by atoms with Crippen LogP contribution in [0.5, 0.6) is 11.5 Å². The first-order valence-electron chi connectivity index (χ1n) is 9.73. The summed E-state index contributed by atoms with van der Waals surface area (Å²) in [5, 5.41) is 1.90. The van der Waals surface area contributed by atoms with Crippen molar-refractivity contribution < 1.29 is 31.1 Å². The number of sulfonamides is 1. The summed E-state index contributed by atoms with van der Waals surface area (Å²) >= 11 is 1.16. The van der Waals surface area contributed by atoms with E-state index >= 15 is 0 Å². The summed E-state index contributed by atoms with van der Waals surface area (Å²) in [6.07, 6.45) is -2.58. The predicted octanol–water partition coefficient (Wildman–Crippen LogP) is 5.43. The molecule has 4 rings (SSSR count). The van der Waals surface area contributed by atoms with Crippen LogP contribution in [0.4, 0.5) is 18.3 Å². The molecule has 170 valence electrons. The summed E-state index contributed by atoms with van der Waals surface area (Å²) < 4.78 is 78.5. The maximum absolute atomic E-state index is 13.0. The molecule has 1 aliphatic heterocycles. The van der Waals surface area contributed by atoms with Gasteiger partial charge < -0.3 is 9.47 Å². The average molecular weight is 485 g/mol. The number of nitrogens with one attached hydrogen (secondary N) is 1. The van der Waals surface area contributed by atoms with Gasteiger partial charge in [-0.05, 0) is 36.2 Å². The van der Waals surface area contributed by atoms with Crippen LogP contribution >= 0.6 is 11.3 Å². The Balaban J connectivity index is 1.60. The number of benzene rings is 2. The highest BCUT2D eigenvalue weighted by molar-refractivity contribution is 7.93. The molecule has 0 saturated carbocycles. The first-order valence-corrected chi connectivity index (χ1v) is 12.1. The highest BCUT2D eigenvalue weighted by Crippen LogP contribution is 2.39. The number of fused-ring (bicyclic) bond motifs is 1. The van der Waals surface area contributed by atoms with Crippen molar-refractivity contribution in [1.29, 1.82) is 0 Å². The standard InChI is InChI=1S/C21H19F3N2O4S2/c1-2-13-11-14(21(22,23)24)3-6-17(13)30-18-7-9-29-19-12-15(4-5-16(18)19)32(27,28)26-20-25-8-10-31-20/h3-6,8,10-12,18H,2,7,9H2,1H3,(H,25,26). The largest absolute Gasteiger partial charge is 0.493 e. The average Bonchev–Trinajstić information content (AvgIpc) is 3.25. The van der Waals surface area contributed by atoms with Gasteiger partial charge in [0.15, 0.2) is 5.13 Å². The van der Waals surface area contributed by atoms with E-state index in [2.05, 4.69) is 9.71 Å². The first kappa shape index (κ1) is 22.4. The zero-order valence-corrected chi connectivity index (χ0v) is 18.5. The Morgan fingerprint density at radius 3 is 2.75 bits per heavy atom. The molecule has 0 bridgehead atoms. The van der Waals surface area contributed by atoms with Crippen LogP contribution in [0.1, 0.15) is 36.1 Å². The summed E-state index contributed by atoms with van der Waals surface area (Å²) in [4.78, 5) is 3.93. The van der Waals surface area contributed by atoms with Crippen LogP contribution in [0.25, 0.3) is 0 Å². The number of nitrogens with zero attached hydrogens (tertiary/aromatic N) is 1. The number of halogens is 3. The van der Waals surface area contributed by atoms with Crippen molar-refractivity contribution in [2.45, 2.75) is 36.9 Å². The molecule has 2 heterocycles. The first-order chi connectivity index (χ1) is 15.2. The molecule has 1 aliphatic rings. The molecule has 6 nitrogen and oxygen atoms in total. The second-order valence-electron chi connectivity index (χ2n) is 7.06. The van der Waals surface area contributed by atoms with E-state index in [1.54, 1.807) is 18.4 Å². The minimum atomic E-state index is -4.43. The molecule has 0 radical (unpaired) electrons. The molecule has 2 aromatic carbocycles. The Labute approximate surface area is 187 Å². The van der Waals surface area contributed by atoms with Crippen molar-refractivity contribution in [2.24, 2.45) is 0 Å². The maximum Gasteiger partial charge on any atom is 0.416 e. The Morgan fingerprint density at radius 2 is 2.06 bits per heavy atom. The van der Waals surface area contributed by atoms with Crippen molar-refractivity contribution in [2.75, 3.05) is 11.3 Å². The molecule has 1 atom stereocenters. The molecule has 0 aliphatic carbocycles. The Morgan fingerprint density at radius 1 is 1.25 bits per heavy atom. The lowest BCUT2D eigenvalue weighted by atomic mass is 10.0. The molecule has 0 amide bonds. The van der Waals surface area contributed by atoms with Crippen LogP contribution in [0.2, 0.25) is 0 Å². The lowest BCUT2D eigenvalue weighted by Gasteiger charge is -2.28. The molecular formula is C21H19F3N2O4S2. The van der Waals surface area contributed by atoms with Gasteiger partial charge in [-0.2, -0.15) is 13.2 Å². The molecule has 3 aromatic rings. The minimum absolute atomic E-state index is 0.0101. The van der Waals surface area contributed by atoms with Gasteiger partial charge in [0.05, 0.1) is 17.1 Å². The number of alkyl halides is 3. The van der Waals surface area contributed by atoms with E-state index in [9.17, 15) is 21.6 Å². The third-order valence-corrected chi connectivity index (χ3v) is 7.13. The maximum atomic E-state index is 13.0. The molecular weight excluding hydrogens is 465 g/mol. The molecule has 1 unspecified atom stereocenters. The van der Waals surface area contributed by atoms with Crippen LogP contribution in [0, 0.1) is 0 Å². The van der Waals surface area contributed by atoms with Crippen LogP contribution in [0.3, 0.4) is 0 Å². The number of thiazole rings is 1. The van der Waals surface area contributed by atoms with Gasteiger partial charge in [-0.25, -0.2) is 13.4 Å². The van der Waals surface area contributed by atoms with E-state index in [0.717, 1.165) is 23.5 Å². The second-order valence-corrected chi connectivity index (χ2v) is 9.64. The number of aromatic nitrogens is 1. The lowest BCUT2D eigenvalue weighted by Crippen LogP contribution is -2.20. The van der Waals surface area contributed by atoms with Gasteiger partial charge in [-0.15, -0.1) is 11.3 Å². The Bertz CT molecular complexity index is 1210. The van der Waals surface area contributed by atoms with Gasteiger partial charge in [-0.3, -0.25) is 4.72 Å². The molecule has 11 heteroatoms. The number of hydrogen-bond acceptors (Lipinski definition) is 6. The highest BCUT2D eigenvalue weighted by atomic mass is 32.2. The fraction of sp³-hybridized carbons (Fsp3) is 0.286. The zero-order valence-electron chi connectivity index (χ0n) is 16.8. The quantitative estimate of drug-likeness (QED) is 0.505. The summed E-state index contributed by atoms with van der Waals surface area (Å²) in [6, 6.07) is 7.87. The van der Waals surface area contributed by atoms with Gasteiger partial charge in [0.1, 0.15) is 17.6 Å². The Hall–Kier alpha value is -2.79. The van der Waals surface area contributed by atoms with E-state index in [-0.39, 0.29) is 16.6 Å². The summed E-state index contributed by atoms with van der Waals surface area (Å²) in [5.74, 6) is 0.716. The minimum Gasteiger partial charge on any atom is -0.493 e. The smallest absolute Gasteiger partial charge is 0.416 e. The summed E-state index contributed by atoms with van der Waals surface area (Å²) in [6.45, 7) is 2.04. The number of hydrogen-bond donors (Lipinski definition) is 1. The van der Waals surface area contributed by atoms with Gasteiger partial charge in [0.25, 0.3) is 10.0 Å². The normalized spacial score (nSPS) is 16.2. The van der Waals surface area contributed by atoms with Crippen LogP contribution in [-0.2, 0) is 22.6 Å². The zero-order chi connectivity index (χ0) is 22.9. The molecule has 0 spiro atoms. The number of anilines is 1. The molecule has 32 heavy (non-hydrogen) atoms. The van der Waals surface area contributed by atoms with Gasteiger partial charge in [0, 0.05) is 29.6 Å². The summed E-state index contributed by atoms with van der Waals surface area (Å²) in [5.41, 5.74) is 0.350. The van der Waals surface area contributed by atoms with Crippen LogP contribution in [-0.4, -0.2) is 20.0 Å². The molecule has 0 fully saturated rings. The topological polar surface area (TPSA) is 77.5 Å². The van der Waals surface area contributed by atoms with Crippen molar-refractivity contribution in [3.63, 3.8) is 0 Å². The monoisotopic (exact) mass is 484 g/mol. The van der Waals surface area contributed by atoms with E-state index in [4.69, 9.17) is 9.47 Å². The van der Waals surface area contributed by atoms with E-state index in [0.29, 0.717) is 35.5 Å². The van der Waals surface area contributed by atoms with Crippen molar-refractivity contribution in [3.05, 3.63) is 64.7 Å². The SMILES string of the molecule is CCc1cc(C(F)(F)F)ccc1OC1CCOc2cc(S(=O)(=O)Nc3nccs3)ccc21. The lowest BCUT2D eigenvalue weighted by molar-refractivity contribution is -0.137. The van der Waals surface area contributed by atoms with Gasteiger partial charge >= 0.3 is 6.18 Å². The number of rotatable bonds is 6.